The van der Waals surface area contributed by atoms with Gasteiger partial charge in [-0.3, -0.25) is 0 Å². The van der Waals surface area contributed by atoms with E-state index in [0.717, 1.165) is 44.6 Å². The molecule has 0 aliphatic carbocycles. The van der Waals surface area contributed by atoms with E-state index in [1.165, 1.54) is 0 Å². The van der Waals surface area contributed by atoms with Crippen molar-refractivity contribution in [2.75, 3.05) is 5.32 Å². The molecule has 0 unspecified atom stereocenters. The highest BCUT2D eigenvalue weighted by molar-refractivity contribution is 6.31. The van der Waals surface area contributed by atoms with E-state index in [1.807, 2.05) is 67.0 Å². The van der Waals surface area contributed by atoms with Crippen LogP contribution in [-0.2, 0) is 0 Å². The van der Waals surface area contributed by atoms with E-state index >= 15 is 0 Å². The number of aromatic nitrogens is 3. The number of benzene rings is 2. The van der Waals surface area contributed by atoms with Crippen molar-refractivity contribution in [3.8, 4) is 11.1 Å². The Morgan fingerprint density at radius 1 is 1.00 bits per heavy atom. The number of rotatable bonds is 3. The third-order valence-corrected chi connectivity index (χ3v) is 4.54. The number of anilines is 2. The van der Waals surface area contributed by atoms with E-state index in [9.17, 15) is 0 Å². The normalized spacial score (nSPS) is 11.0. The highest BCUT2D eigenvalue weighted by Gasteiger charge is 2.12. The average molecular weight is 349 g/mol. The fourth-order valence-electron chi connectivity index (χ4n) is 2.81. The summed E-state index contributed by atoms with van der Waals surface area (Å²) in [5, 5.41) is 8.66. The van der Waals surface area contributed by atoms with Gasteiger partial charge in [0, 0.05) is 28.0 Å². The summed E-state index contributed by atoms with van der Waals surface area (Å²) in [5.74, 6) is 0.851. The summed E-state index contributed by atoms with van der Waals surface area (Å²) in [4.78, 5) is 4.68. The maximum atomic E-state index is 6.24. The third kappa shape index (κ3) is 2.96. The SMILES string of the molecule is Cc1cc(Nc2ccc(C)c(Cl)c2)n2ncc(-c3ccccc3)c2n1. The van der Waals surface area contributed by atoms with Crippen molar-refractivity contribution in [3.05, 3.63) is 77.1 Å². The van der Waals surface area contributed by atoms with Gasteiger partial charge >= 0.3 is 0 Å². The molecule has 1 N–H and O–H groups in total. The first-order valence-corrected chi connectivity index (χ1v) is 8.43. The molecule has 0 saturated heterocycles. The first-order chi connectivity index (χ1) is 12.1. The molecule has 0 saturated carbocycles. The van der Waals surface area contributed by atoms with Crippen LogP contribution in [0.15, 0.2) is 60.8 Å². The molecule has 0 aliphatic heterocycles. The van der Waals surface area contributed by atoms with Crippen molar-refractivity contribution in [2.24, 2.45) is 0 Å². The second-order valence-corrected chi connectivity index (χ2v) is 6.44. The topological polar surface area (TPSA) is 42.2 Å². The van der Waals surface area contributed by atoms with E-state index in [2.05, 4.69) is 27.5 Å². The summed E-state index contributed by atoms with van der Waals surface area (Å²) in [5.41, 5.74) is 5.82. The summed E-state index contributed by atoms with van der Waals surface area (Å²) >= 11 is 6.24. The number of halogens is 1. The molecule has 4 rings (SSSR count). The van der Waals surface area contributed by atoms with Gasteiger partial charge in [-0.15, -0.1) is 0 Å². The average Bonchev–Trinajstić information content (AvgIpc) is 3.03. The number of nitrogens with one attached hydrogen (secondary N) is 1. The quantitative estimate of drug-likeness (QED) is 0.538. The minimum Gasteiger partial charge on any atom is -0.340 e. The van der Waals surface area contributed by atoms with E-state index < -0.39 is 0 Å². The van der Waals surface area contributed by atoms with E-state index in [4.69, 9.17) is 11.6 Å². The Morgan fingerprint density at radius 2 is 1.80 bits per heavy atom. The van der Waals surface area contributed by atoms with Crippen molar-refractivity contribution < 1.29 is 0 Å². The molecule has 0 fully saturated rings. The highest BCUT2D eigenvalue weighted by Crippen LogP contribution is 2.28. The Morgan fingerprint density at radius 3 is 2.56 bits per heavy atom. The Balaban J connectivity index is 1.82. The maximum Gasteiger partial charge on any atom is 0.165 e. The van der Waals surface area contributed by atoms with Crippen LogP contribution < -0.4 is 5.32 Å². The molecule has 0 spiro atoms. The van der Waals surface area contributed by atoms with Gasteiger partial charge in [-0.1, -0.05) is 48.0 Å². The van der Waals surface area contributed by atoms with E-state index in [-0.39, 0.29) is 0 Å². The molecule has 0 bridgehead atoms. The molecular weight excluding hydrogens is 332 g/mol. The Kier molecular flexibility index (Phi) is 3.90. The lowest BCUT2D eigenvalue weighted by atomic mass is 10.1. The second-order valence-electron chi connectivity index (χ2n) is 6.03. The minimum absolute atomic E-state index is 0.734. The summed E-state index contributed by atoms with van der Waals surface area (Å²) < 4.78 is 1.82. The first-order valence-electron chi connectivity index (χ1n) is 8.06. The van der Waals surface area contributed by atoms with Crippen molar-refractivity contribution in [3.63, 3.8) is 0 Å². The Labute approximate surface area is 151 Å². The third-order valence-electron chi connectivity index (χ3n) is 4.13. The van der Waals surface area contributed by atoms with Gasteiger partial charge in [0.1, 0.15) is 5.82 Å². The molecule has 0 radical (unpaired) electrons. The van der Waals surface area contributed by atoms with Gasteiger partial charge in [0.05, 0.1) is 6.20 Å². The molecule has 0 amide bonds. The molecule has 0 atom stereocenters. The van der Waals surface area contributed by atoms with Crippen LogP contribution >= 0.6 is 11.6 Å². The highest BCUT2D eigenvalue weighted by atomic mass is 35.5. The minimum atomic E-state index is 0.734. The molecule has 2 heterocycles. The summed E-state index contributed by atoms with van der Waals surface area (Å²) in [6.07, 6.45) is 1.85. The van der Waals surface area contributed by atoms with Crippen LogP contribution in [0, 0.1) is 13.8 Å². The molecule has 0 aliphatic rings. The summed E-state index contributed by atoms with van der Waals surface area (Å²) in [6.45, 7) is 3.97. The molecular formula is C20H17ClN4. The zero-order valence-corrected chi connectivity index (χ0v) is 14.7. The predicted octanol–water partition coefficient (Wildman–Crippen LogP) is 5.41. The first kappa shape index (κ1) is 15.7. The molecule has 5 heteroatoms. The number of nitrogens with zero attached hydrogens (tertiary/aromatic N) is 3. The van der Waals surface area contributed by atoms with Gasteiger partial charge < -0.3 is 5.32 Å². The fraction of sp³-hybridized carbons (Fsp3) is 0.100. The zero-order valence-electron chi connectivity index (χ0n) is 14.0. The molecule has 2 aromatic heterocycles. The lowest BCUT2D eigenvalue weighted by Gasteiger charge is -2.11. The summed E-state index contributed by atoms with van der Waals surface area (Å²) in [6, 6.07) is 18.1. The van der Waals surface area contributed by atoms with E-state index in [0.29, 0.717) is 0 Å². The van der Waals surface area contributed by atoms with Crippen LogP contribution in [0.3, 0.4) is 0 Å². The summed E-state index contributed by atoms with van der Waals surface area (Å²) in [7, 11) is 0. The van der Waals surface area contributed by atoms with Gasteiger partial charge in [0.15, 0.2) is 5.65 Å². The second kappa shape index (κ2) is 6.22. The predicted molar refractivity (Wildman–Crippen MR) is 103 cm³/mol. The zero-order chi connectivity index (χ0) is 17.4. The maximum absolute atomic E-state index is 6.24. The van der Waals surface area contributed by atoms with Crippen LogP contribution in [0.5, 0.6) is 0 Å². The lowest BCUT2D eigenvalue weighted by molar-refractivity contribution is 0.938. The molecule has 4 nitrogen and oxygen atoms in total. The number of hydrogen-bond donors (Lipinski definition) is 1. The lowest BCUT2D eigenvalue weighted by Crippen LogP contribution is -2.02. The Hall–Kier alpha value is -2.85. The van der Waals surface area contributed by atoms with E-state index in [1.54, 1.807) is 0 Å². The molecule has 124 valence electrons. The van der Waals surface area contributed by atoms with Gasteiger partial charge in [-0.2, -0.15) is 9.61 Å². The van der Waals surface area contributed by atoms with Crippen molar-refractivity contribution in [1.82, 2.24) is 14.6 Å². The monoisotopic (exact) mass is 348 g/mol. The van der Waals surface area contributed by atoms with Crippen molar-refractivity contribution >= 4 is 28.8 Å². The van der Waals surface area contributed by atoms with Gasteiger partial charge in [0.2, 0.25) is 0 Å². The van der Waals surface area contributed by atoms with Crippen LogP contribution in [0.2, 0.25) is 5.02 Å². The molecule has 4 aromatic rings. The number of fused-ring (bicyclic) bond motifs is 1. The van der Waals surface area contributed by atoms with Crippen LogP contribution in [-0.4, -0.2) is 14.6 Å². The largest absolute Gasteiger partial charge is 0.340 e. The van der Waals surface area contributed by atoms with Gasteiger partial charge in [-0.25, -0.2) is 4.98 Å². The van der Waals surface area contributed by atoms with Crippen LogP contribution in [0.1, 0.15) is 11.3 Å². The standard InChI is InChI=1S/C20H17ClN4/c1-13-8-9-16(11-18(13)21)24-19-10-14(2)23-20-17(12-22-25(19)20)15-6-4-3-5-7-15/h3-12,24H,1-2H3. The van der Waals surface area contributed by atoms with Crippen LogP contribution in [0.25, 0.3) is 16.8 Å². The number of aryl methyl sites for hydroxylation is 2. The fourth-order valence-corrected chi connectivity index (χ4v) is 2.99. The van der Waals surface area contributed by atoms with Crippen molar-refractivity contribution in [1.29, 1.82) is 0 Å². The number of hydrogen-bond acceptors (Lipinski definition) is 3. The van der Waals surface area contributed by atoms with Gasteiger partial charge in [0.25, 0.3) is 0 Å². The Bertz CT molecular complexity index is 1050. The molecule has 2 aromatic carbocycles. The van der Waals surface area contributed by atoms with Gasteiger partial charge in [-0.05, 0) is 37.1 Å². The smallest absolute Gasteiger partial charge is 0.165 e. The molecule has 25 heavy (non-hydrogen) atoms. The van der Waals surface area contributed by atoms with Crippen molar-refractivity contribution in [2.45, 2.75) is 13.8 Å². The van der Waals surface area contributed by atoms with Crippen LogP contribution in [0.4, 0.5) is 11.5 Å².